The summed E-state index contributed by atoms with van der Waals surface area (Å²) >= 11 is 7.23. The Bertz CT molecular complexity index is 677. The highest BCUT2D eigenvalue weighted by Crippen LogP contribution is 2.20. The van der Waals surface area contributed by atoms with E-state index in [4.69, 9.17) is 22.6 Å². The predicted octanol–water partition coefficient (Wildman–Crippen LogP) is 2.42. The molecule has 0 bridgehead atoms. The van der Waals surface area contributed by atoms with E-state index in [0.717, 1.165) is 5.01 Å². The number of carbonyl (C=O) groups excluding carboxylic acids is 1. The molecule has 102 valence electrons. The van der Waals surface area contributed by atoms with Crippen LogP contribution in [-0.2, 0) is 6.42 Å². The minimum Gasteiger partial charge on any atom is -0.330 e. The summed E-state index contributed by atoms with van der Waals surface area (Å²) in [5, 5.41) is 14.4. The van der Waals surface area contributed by atoms with Crippen molar-refractivity contribution in [3.63, 3.8) is 0 Å². The van der Waals surface area contributed by atoms with Gasteiger partial charge in [-0.15, -0.1) is 11.3 Å². The van der Waals surface area contributed by atoms with E-state index >= 15 is 0 Å². The number of hydrogen-bond donors (Lipinski definition) is 2. The van der Waals surface area contributed by atoms with Crippen molar-refractivity contribution in [3.05, 3.63) is 44.9 Å². The number of thiazole rings is 1. The smallest absolute Gasteiger partial charge is 0.275 e. The fourth-order valence-corrected chi connectivity index (χ4v) is 2.49. The molecule has 0 saturated heterocycles. The van der Waals surface area contributed by atoms with E-state index in [1.54, 1.807) is 17.5 Å². The summed E-state index contributed by atoms with van der Waals surface area (Å²) in [6.45, 7) is 0.497. The molecule has 1 amide bonds. The second-order valence-corrected chi connectivity index (χ2v) is 5.28. The van der Waals surface area contributed by atoms with Crippen molar-refractivity contribution in [1.82, 2.24) is 4.98 Å². The van der Waals surface area contributed by atoms with Crippen molar-refractivity contribution in [2.24, 2.45) is 5.73 Å². The summed E-state index contributed by atoms with van der Waals surface area (Å²) in [6, 6.07) is 6.68. The lowest BCUT2D eigenvalue weighted by atomic mass is 10.2. The fraction of sp³-hybridized carbons (Fsp3) is 0.154. The number of nitrogens with one attached hydrogen (secondary N) is 1. The van der Waals surface area contributed by atoms with Crippen molar-refractivity contribution in [3.8, 4) is 6.07 Å². The van der Waals surface area contributed by atoms with Crippen LogP contribution in [0.1, 0.15) is 21.1 Å². The predicted molar refractivity (Wildman–Crippen MR) is 79.0 cm³/mol. The largest absolute Gasteiger partial charge is 0.330 e. The lowest BCUT2D eigenvalue weighted by Gasteiger charge is -2.04. The molecule has 2 rings (SSSR count). The minimum absolute atomic E-state index is 0.312. The first kappa shape index (κ1) is 14.5. The lowest BCUT2D eigenvalue weighted by Crippen LogP contribution is -2.13. The van der Waals surface area contributed by atoms with Crippen LogP contribution in [0.15, 0.2) is 23.6 Å². The second-order valence-electron chi connectivity index (χ2n) is 3.93. The Morgan fingerprint density at radius 1 is 1.55 bits per heavy atom. The molecule has 2 aromatic rings. The molecular weight excluding hydrogens is 296 g/mol. The van der Waals surface area contributed by atoms with Crippen LogP contribution >= 0.6 is 22.9 Å². The minimum atomic E-state index is -0.323. The number of anilines is 1. The second kappa shape index (κ2) is 6.48. The number of aromatic nitrogens is 1. The van der Waals surface area contributed by atoms with Crippen molar-refractivity contribution in [2.45, 2.75) is 6.42 Å². The van der Waals surface area contributed by atoms with E-state index in [-0.39, 0.29) is 5.91 Å². The number of nitrogens with two attached hydrogens (primary N) is 1. The van der Waals surface area contributed by atoms with Gasteiger partial charge in [-0.05, 0) is 24.7 Å². The van der Waals surface area contributed by atoms with Gasteiger partial charge in [0, 0.05) is 17.5 Å². The van der Waals surface area contributed by atoms with Crippen LogP contribution in [0.2, 0.25) is 5.02 Å². The number of nitrogens with zero attached hydrogens (tertiary/aromatic N) is 2. The number of rotatable bonds is 4. The Labute approximate surface area is 125 Å². The molecule has 0 unspecified atom stereocenters. The van der Waals surface area contributed by atoms with Gasteiger partial charge in [-0.1, -0.05) is 11.6 Å². The molecule has 3 N–H and O–H groups in total. The van der Waals surface area contributed by atoms with Crippen LogP contribution in [0.4, 0.5) is 5.69 Å². The van der Waals surface area contributed by atoms with E-state index in [2.05, 4.69) is 10.3 Å². The third kappa shape index (κ3) is 3.33. The first-order valence-electron chi connectivity index (χ1n) is 5.79. The number of amides is 1. The van der Waals surface area contributed by atoms with E-state index in [1.165, 1.54) is 17.4 Å². The molecule has 1 heterocycles. The zero-order chi connectivity index (χ0) is 14.5. The number of halogens is 1. The van der Waals surface area contributed by atoms with E-state index < -0.39 is 0 Å². The van der Waals surface area contributed by atoms with Crippen molar-refractivity contribution in [2.75, 3.05) is 11.9 Å². The van der Waals surface area contributed by atoms with Gasteiger partial charge in [-0.3, -0.25) is 4.79 Å². The molecule has 0 aliphatic carbocycles. The molecule has 20 heavy (non-hydrogen) atoms. The summed E-state index contributed by atoms with van der Waals surface area (Å²) in [5.74, 6) is -0.323. The molecule has 1 aromatic carbocycles. The summed E-state index contributed by atoms with van der Waals surface area (Å²) in [7, 11) is 0. The summed E-state index contributed by atoms with van der Waals surface area (Å²) < 4.78 is 0. The SMILES string of the molecule is N#Cc1cc(NC(=O)c2csc(CCN)n2)ccc1Cl. The molecule has 5 nitrogen and oxygen atoms in total. The Balaban J connectivity index is 2.13. The average Bonchev–Trinajstić information content (AvgIpc) is 2.90. The maximum Gasteiger partial charge on any atom is 0.275 e. The quantitative estimate of drug-likeness (QED) is 0.907. The summed E-state index contributed by atoms with van der Waals surface area (Å²) in [6.07, 6.45) is 0.650. The average molecular weight is 307 g/mol. The molecule has 0 spiro atoms. The van der Waals surface area contributed by atoms with Crippen LogP contribution in [0, 0.1) is 11.3 Å². The molecule has 0 aliphatic heterocycles. The van der Waals surface area contributed by atoms with Gasteiger partial charge < -0.3 is 11.1 Å². The highest BCUT2D eigenvalue weighted by molar-refractivity contribution is 7.09. The molecule has 0 atom stereocenters. The first-order valence-corrected chi connectivity index (χ1v) is 7.05. The van der Waals surface area contributed by atoms with Crippen molar-refractivity contribution >= 4 is 34.5 Å². The van der Waals surface area contributed by atoms with Gasteiger partial charge in [-0.25, -0.2) is 4.98 Å². The normalized spacial score (nSPS) is 10.1. The fourth-order valence-electron chi connectivity index (χ4n) is 1.54. The topological polar surface area (TPSA) is 91.8 Å². The number of carbonyl (C=O) groups is 1. The first-order chi connectivity index (χ1) is 9.63. The Morgan fingerprint density at radius 2 is 2.35 bits per heavy atom. The van der Waals surface area contributed by atoms with Gasteiger partial charge in [0.05, 0.1) is 15.6 Å². The highest BCUT2D eigenvalue weighted by atomic mass is 35.5. The lowest BCUT2D eigenvalue weighted by molar-refractivity contribution is 0.102. The number of nitriles is 1. The molecule has 7 heteroatoms. The van der Waals surface area contributed by atoms with Gasteiger partial charge in [-0.2, -0.15) is 5.26 Å². The number of hydrogen-bond acceptors (Lipinski definition) is 5. The zero-order valence-corrected chi connectivity index (χ0v) is 12.0. The van der Waals surface area contributed by atoms with E-state index in [9.17, 15) is 4.79 Å². The van der Waals surface area contributed by atoms with Crippen LogP contribution in [0.3, 0.4) is 0 Å². The molecular formula is C13H11ClN4OS. The summed E-state index contributed by atoms with van der Waals surface area (Å²) in [4.78, 5) is 16.2. The van der Waals surface area contributed by atoms with Gasteiger partial charge in [0.25, 0.3) is 5.91 Å². The monoisotopic (exact) mass is 306 g/mol. The van der Waals surface area contributed by atoms with Gasteiger partial charge in [0.1, 0.15) is 11.8 Å². The Hall–Kier alpha value is -1.94. The molecule has 1 aromatic heterocycles. The van der Waals surface area contributed by atoms with E-state index in [1.807, 2.05) is 6.07 Å². The Morgan fingerprint density at radius 3 is 3.05 bits per heavy atom. The van der Waals surface area contributed by atoms with Crippen LogP contribution in [0.25, 0.3) is 0 Å². The van der Waals surface area contributed by atoms with Crippen molar-refractivity contribution in [1.29, 1.82) is 5.26 Å². The van der Waals surface area contributed by atoms with Gasteiger partial charge in [0.2, 0.25) is 0 Å². The zero-order valence-electron chi connectivity index (χ0n) is 10.4. The molecule has 0 fully saturated rings. The van der Waals surface area contributed by atoms with Gasteiger partial charge in [0.15, 0.2) is 0 Å². The molecule has 0 aliphatic rings. The third-order valence-corrected chi connectivity index (χ3v) is 3.73. The standard InChI is InChI=1S/C13H11ClN4OS/c14-10-2-1-9(5-8(10)6-16)17-13(19)11-7-20-12(18-11)3-4-15/h1-2,5,7H,3-4,15H2,(H,17,19). The summed E-state index contributed by atoms with van der Waals surface area (Å²) in [5.41, 5.74) is 6.59. The molecule has 0 saturated carbocycles. The molecule has 0 radical (unpaired) electrons. The third-order valence-electron chi connectivity index (χ3n) is 2.49. The number of benzene rings is 1. The van der Waals surface area contributed by atoms with Crippen LogP contribution in [0.5, 0.6) is 0 Å². The highest BCUT2D eigenvalue weighted by Gasteiger charge is 2.11. The van der Waals surface area contributed by atoms with Crippen LogP contribution in [-0.4, -0.2) is 17.4 Å². The maximum absolute atomic E-state index is 12.0. The maximum atomic E-state index is 12.0. The van der Waals surface area contributed by atoms with Crippen LogP contribution < -0.4 is 11.1 Å². The van der Waals surface area contributed by atoms with Gasteiger partial charge >= 0.3 is 0 Å². The Kier molecular flexibility index (Phi) is 4.69. The van der Waals surface area contributed by atoms with E-state index in [0.29, 0.717) is 34.9 Å². The van der Waals surface area contributed by atoms with Crippen molar-refractivity contribution < 1.29 is 4.79 Å².